The molecule has 0 saturated heterocycles. The summed E-state index contributed by atoms with van der Waals surface area (Å²) >= 11 is 0. The quantitative estimate of drug-likeness (QED) is 0.860. The minimum atomic E-state index is -0.771. The van der Waals surface area contributed by atoms with E-state index in [1.54, 1.807) is 6.92 Å². The molecule has 0 aromatic heterocycles. The van der Waals surface area contributed by atoms with Crippen molar-refractivity contribution in [3.05, 3.63) is 35.4 Å². The second kappa shape index (κ2) is 5.11. The van der Waals surface area contributed by atoms with Gasteiger partial charge in [0.15, 0.2) is 0 Å². The highest BCUT2D eigenvalue weighted by Gasteiger charge is 2.29. The maximum absolute atomic E-state index is 12.1. The average molecular weight is 246 g/mol. The molecule has 2 rings (SSSR count). The summed E-state index contributed by atoms with van der Waals surface area (Å²) in [4.78, 5) is 12.1. The molecule has 0 saturated carbocycles. The topological polar surface area (TPSA) is 55.1 Å². The summed E-state index contributed by atoms with van der Waals surface area (Å²) < 4.78 is 0. The van der Waals surface area contributed by atoms with Crippen LogP contribution >= 0.6 is 0 Å². The molecular formula is C15H22N2O. The van der Waals surface area contributed by atoms with Gasteiger partial charge in [-0.15, -0.1) is 0 Å². The van der Waals surface area contributed by atoms with Crippen molar-refractivity contribution < 1.29 is 4.79 Å². The van der Waals surface area contributed by atoms with E-state index in [-0.39, 0.29) is 11.9 Å². The lowest BCUT2D eigenvalue weighted by Crippen LogP contribution is -2.52. The molecular weight excluding hydrogens is 224 g/mol. The molecule has 0 aliphatic heterocycles. The van der Waals surface area contributed by atoms with Crippen LogP contribution < -0.4 is 11.1 Å². The number of nitrogens with one attached hydrogen (secondary N) is 1. The first-order valence-electron chi connectivity index (χ1n) is 6.72. The number of carbonyl (C=O) groups is 1. The highest BCUT2D eigenvalue weighted by atomic mass is 16.2. The smallest absolute Gasteiger partial charge is 0.240 e. The fourth-order valence-corrected chi connectivity index (χ4v) is 2.39. The predicted octanol–water partition coefficient (Wildman–Crippen LogP) is 2.31. The standard InChI is InChI=1S/C15H22N2O/c1-3-15(2,16)14(18)17-13-10-6-8-11-7-4-5-9-12(11)13/h4-5,7,9,13H,3,6,8,10,16H2,1-2H3,(H,17,18). The van der Waals surface area contributed by atoms with Gasteiger partial charge in [-0.2, -0.15) is 0 Å². The highest BCUT2D eigenvalue weighted by Crippen LogP contribution is 2.29. The number of rotatable bonds is 3. The van der Waals surface area contributed by atoms with Crippen LogP contribution in [0.3, 0.4) is 0 Å². The second-order valence-corrected chi connectivity index (χ2v) is 5.39. The second-order valence-electron chi connectivity index (χ2n) is 5.39. The number of hydrogen-bond acceptors (Lipinski definition) is 2. The van der Waals surface area contributed by atoms with Gasteiger partial charge in [0, 0.05) is 0 Å². The first kappa shape index (κ1) is 13.1. The fraction of sp³-hybridized carbons (Fsp3) is 0.533. The molecule has 2 unspecified atom stereocenters. The van der Waals surface area contributed by atoms with E-state index >= 15 is 0 Å². The van der Waals surface area contributed by atoms with Gasteiger partial charge < -0.3 is 11.1 Å². The van der Waals surface area contributed by atoms with Gasteiger partial charge in [0.05, 0.1) is 11.6 Å². The molecule has 1 aromatic carbocycles. The van der Waals surface area contributed by atoms with E-state index < -0.39 is 5.54 Å². The van der Waals surface area contributed by atoms with Gasteiger partial charge in [-0.05, 0) is 43.7 Å². The lowest BCUT2D eigenvalue weighted by molar-refractivity contribution is -0.126. The number of fused-ring (bicyclic) bond motifs is 1. The third-order valence-corrected chi connectivity index (χ3v) is 3.93. The zero-order valence-electron chi connectivity index (χ0n) is 11.2. The summed E-state index contributed by atoms with van der Waals surface area (Å²) in [6.07, 6.45) is 3.88. The van der Waals surface area contributed by atoms with E-state index in [0.717, 1.165) is 19.3 Å². The molecule has 0 fully saturated rings. The summed E-state index contributed by atoms with van der Waals surface area (Å²) in [5.41, 5.74) is 7.82. The maximum Gasteiger partial charge on any atom is 0.240 e. The highest BCUT2D eigenvalue weighted by molar-refractivity contribution is 5.85. The van der Waals surface area contributed by atoms with Crippen LogP contribution in [0.25, 0.3) is 0 Å². The molecule has 1 aliphatic rings. The minimum Gasteiger partial charge on any atom is -0.348 e. The number of benzene rings is 1. The number of amides is 1. The molecule has 0 heterocycles. The first-order chi connectivity index (χ1) is 8.54. The van der Waals surface area contributed by atoms with E-state index in [0.29, 0.717) is 6.42 Å². The van der Waals surface area contributed by atoms with Gasteiger partial charge in [-0.3, -0.25) is 4.79 Å². The monoisotopic (exact) mass is 246 g/mol. The van der Waals surface area contributed by atoms with Crippen LogP contribution in [0.2, 0.25) is 0 Å². The van der Waals surface area contributed by atoms with Gasteiger partial charge in [0.25, 0.3) is 0 Å². The molecule has 98 valence electrons. The largest absolute Gasteiger partial charge is 0.348 e. The zero-order valence-corrected chi connectivity index (χ0v) is 11.2. The Morgan fingerprint density at radius 1 is 1.50 bits per heavy atom. The SMILES string of the molecule is CCC(C)(N)C(=O)NC1CCCc2ccccc21. The Morgan fingerprint density at radius 2 is 2.22 bits per heavy atom. The average Bonchev–Trinajstić information content (AvgIpc) is 2.39. The molecule has 1 amide bonds. The fourth-order valence-electron chi connectivity index (χ4n) is 2.39. The van der Waals surface area contributed by atoms with Gasteiger partial charge >= 0.3 is 0 Å². The van der Waals surface area contributed by atoms with Crippen molar-refractivity contribution in [3.8, 4) is 0 Å². The Kier molecular flexibility index (Phi) is 3.71. The van der Waals surface area contributed by atoms with E-state index in [1.807, 2.05) is 13.0 Å². The summed E-state index contributed by atoms with van der Waals surface area (Å²) in [6.45, 7) is 3.73. The normalized spacial score (nSPS) is 21.8. The molecule has 1 aromatic rings. The summed E-state index contributed by atoms with van der Waals surface area (Å²) in [6, 6.07) is 8.47. The Balaban J connectivity index is 2.15. The van der Waals surface area contributed by atoms with Crippen LogP contribution in [0.4, 0.5) is 0 Å². The van der Waals surface area contributed by atoms with Crippen LogP contribution in [0.15, 0.2) is 24.3 Å². The number of hydrogen-bond donors (Lipinski definition) is 2. The van der Waals surface area contributed by atoms with Crippen molar-refractivity contribution in [3.63, 3.8) is 0 Å². The first-order valence-corrected chi connectivity index (χ1v) is 6.72. The lowest BCUT2D eigenvalue weighted by atomic mass is 9.87. The van der Waals surface area contributed by atoms with Gasteiger partial charge in [0.2, 0.25) is 5.91 Å². The molecule has 3 N–H and O–H groups in total. The third-order valence-electron chi connectivity index (χ3n) is 3.93. The summed E-state index contributed by atoms with van der Waals surface area (Å²) in [5, 5.41) is 3.10. The minimum absolute atomic E-state index is 0.0493. The van der Waals surface area contributed by atoms with Gasteiger partial charge in [0.1, 0.15) is 0 Å². The van der Waals surface area contributed by atoms with Crippen LogP contribution in [-0.2, 0) is 11.2 Å². The van der Waals surface area contributed by atoms with Crippen LogP contribution in [0.1, 0.15) is 50.3 Å². The van der Waals surface area contributed by atoms with E-state index in [1.165, 1.54) is 11.1 Å². The van der Waals surface area contributed by atoms with Crippen molar-refractivity contribution in [1.82, 2.24) is 5.32 Å². The summed E-state index contributed by atoms with van der Waals surface area (Å²) in [5.74, 6) is -0.0493. The van der Waals surface area contributed by atoms with Crippen LogP contribution in [0, 0.1) is 0 Å². The van der Waals surface area contributed by atoms with Crippen molar-refractivity contribution in [2.45, 2.75) is 51.1 Å². The number of nitrogens with two attached hydrogens (primary N) is 1. The van der Waals surface area contributed by atoms with Crippen molar-refractivity contribution in [1.29, 1.82) is 0 Å². The predicted molar refractivity (Wildman–Crippen MR) is 73.1 cm³/mol. The van der Waals surface area contributed by atoms with Crippen molar-refractivity contribution >= 4 is 5.91 Å². The van der Waals surface area contributed by atoms with E-state index in [2.05, 4.69) is 23.5 Å². The maximum atomic E-state index is 12.1. The van der Waals surface area contributed by atoms with E-state index in [9.17, 15) is 4.79 Å². The Morgan fingerprint density at radius 3 is 2.94 bits per heavy atom. The molecule has 3 heteroatoms. The molecule has 0 radical (unpaired) electrons. The third kappa shape index (κ3) is 2.56. The van der Waals surface area contributed by atoms with Crippen LogP contribution in [0.5, 0.6) is 0 Å². The molecule has 18 heavy (non-hydrogen) atoms. The molecule has 0 bridgehead atoms. The van der Waals surface area contributed by atoms with Gasteiger partial charge in [-0.25, -0.2) is 0 Å². The number of aryl methyl sites for hydroxylation is 1. The van der Waals surface area contributed by atoms with Crippen molar-refractivity contribution in [2.75, 3.05) is 0 Å². The summed E-state index contributed by atoms with van der Waals surface area (Å²) in [7, 11) is 0. The molecule has 0 spiro atoms. The molecule has 3 nitrogen and oxygen atoms in total. The number of carbonyl (C=O) groups excluding carboxylic acids is 1. The molecule has 2 atom stereocenters. The molecule has 1 aliphatic carbocycles. The lowest BCUT2D eigenvalue weighted by Gasteiger charge is -2.30. The van der Waals surface area contributed by atoms with E-state index in [4.69, 9.17) is 5.73 Å². The van der Waals surface area contributed by atoms with Gasteiger partial charge in [-0.1, -0.05) is 31.2 Å². The van der Waals surface area contributed by atoms with Crippen molar-refractivity contribution in [2.24, 2.45) is 5.73 Å². The Bertz CT molecular complexity index is 440. The Hall–Kier alpha value is -1.35. The Labute approximate surface area is 109 Å². The van der Waals surface area contributed by atoms with Crippen LogP contribution in [-0.4, -0.2) is 11.4 Å². The zero-order chi connectivity index (χ0) is 13.2.